The Bertz CT molecular complexity index is 619. The van der Waals surface area contributed by atoms with Crippen LogP contribution in [0.2, 0.25) is 0 Å². The number of anilines is 1. The molecule has 0 bridgehead atoms. The van der Waals surface area contributed by atoms with Crippen LogP contribution in [-0.2, 0) is 18.3 Å². The van der Waals surface area contributed by atoms with E-state index in [0.29, 0.717) is 16.9 Å². The summed E-state index contributed by atoms with van der Waals surface area (Å²) in [6.07, 6.45) is 1.39. The van der Waals surface area contributed by atoms with E-state index in [1.807, 2.05) is 0 Å². The van der Waals surface area contributed by atoms with E-state index >= 15 is 0 Å². The molecule has 0 fully saturated rings. The van der Waals surface area contributed by atoms with Gasteiger partial charge in [-0.2, -0.15) is 5.10 Å². The number of carboxylic acid groups (broad SMARTS) is 1. The first-order valence-corrected chi connectivity index (χ1v) is 5.67. The van der Waals surface area contributed by atoms with E-state index in [0.717, 1.165) is 0 Å². The van der Waals surface area contributed by atoms with E-state index in [4.69, 9.17) is 5.11 Å². The van der Waals surface area contributed by atoms with Crippen molar-refractivity contribution >= 4 is 17.6 Å². The Morgan fingerprint density at radius 2 is 2.05 bits per heavy atom. The molecular weight excluding hydrogens is 246 g/mol. The lowest BCUT2D eigenvalue weighted by atomic mass is 10.1. The summed E-state index contributed by atoms with van der Waals surface area (Å²) in [7, 11) is 1.66. The highest BCUT2D eigenvalue weighted by Crippen LogP contribution is 2.16. The van der Waals surface area contributed by atoms with E-state index in [2.05, 4.69) is 10.4 Å². The van der Waals surface area contributed by atoms with Crippen LogP contribution in [0.3, 0.4) is 0 Å². The Morgan fingerprint density at radius 3 is 2.68 bits per heavy atom. The number of para-hydroxylation sites is 1. The zero-order valence-corrected chi connectivity index (χ0v) is 10.3. The van der Waals surface area contributed by atoms with Crippen molar-refractivity contribution in [3.8, 4) is 0 Å². The summed E-state index contributed by atoms with van der Waals surface area (Å²) in [4.78, 5) is 22.8. The lowest BCUT2D eigenvalue weighted by Gasteiger charge is -2.09. The Morgan fingerprint density at radius 1 is 1.32 bits per heavy atom. The summed E-state index contributed by atoms with van der Waals surface area (Å²) < 4.78 is 1.45. The number of benzene rings is 1. The van der Waals surface area contributed by atoms with Gasteiger partial charge in [0, 0.05) is 18.9 Å². The van der Waals surface area contributed by atoms with Crippen LogP contribution in [-0.4, -0.2) is 26.8 Å². The summed E-state index contributed by atoms with van der Waals surface area (Å²) in [5.74, 6) is -1.26. The molecule has 0 saturated carbocycles. The van der Waals surface area contributed by atoms with Crippen LogP contribution < -0.4 is 5.32 Å². The van der Waals surface area contributed by atoms with Crippen LogP contribution in [0.15, 0.2) is 36.5 Å². The van der Waals surface area contributed by atoms with Gasteiger partial charge in [0.05, 0.1) is 6.42 Å². The molecule has 98 valence electrons. The third kappa shape index (κ3) is 2.98. The van der Waals surface area contributed by atoms with Crippen molar-refractivity contribution in [2.75, 3.05) is 5.32 Å². The summed E-state index contributed by atoms with van der Waals surface area (Å²) in [6, 6.07) is 8.41. The van der Waals surface area contributed by atoms with Crippen LogP contribution in [0.4, 0.5) is 5.69 Å². The molecule has 0 spiro atoms. The fraction of sp³-hybridized carbons (Fsp3) is 0.154. The van der Waals surface area contributed by atoms with Crippen molar-refractivity contribution in [2.24, 2.45) is 7.05 Å². The van der Waals surface area contributed by atoms with Gasteiger partial charge < -0.3 is 10.4 Å². The van der Waals surface area contributed by atoms with E-state index in [9.17, 15) is 9.59 Å². The Balaban J connectivity index is 2.22. The lowest BCUT2D eigenvalue weighted by molar-refractivity contribution is -0.136. The molecule has 2 N–H and O–H groups in total. The van der Waals surface area contributed by atoms with Gasteiger partial charge in [-0.1, -0.05) is 18.2 Å². The average molecular weight is 259 g/mol. The molecular formula is C13H13N3O3. The minimum Gasteiger partial charge on any atom is -0.481 e. The number of rotatable bonds is 4. The number of aromatic nitrogens is 2. The first kappa shape index (κ1) is 12.8. The summed E-state index contributed by atoms with van der Waals surface area (Å²) in [5.41, 5.74) is 1.46. The molecule has 0 atom stereocenters. The first-order chi connectivity index (χ1) is 9.08. The van der Waals surface area contributed by atoms with Crippen molar-refractivity contribution in [3.63, 3.8) is 0 Å². The van der Waals surface area contributed by atoms with Gasteiger partial charge in [0.25, 0.3) is 5.91 Å². The highest BCUT2D eigenvalue weighted by molar-refractivity contribution is 6.03. The molecule has 2 rings (SSSR count). The topological polar surface area (TPSA) is 84.2 Å². The second-order valence-electron chi connectivity index (χ2n) is 4.02. The molecule has 0 aliphatic heterocycles. The standard InChI is InChI=1S/C13H13N3O3/c1-16-11(6-7-14-16)13(19)15-10-5-3-2-4-9(10)8-12(17)18/h2-7H,8H2,1H3,(H,15,19)(H,17,18). The number of nitrogens with zero attached hydrogens (tertiary/aromatic N) is 2. The second-order valence-corrected chi connectivity index (χ2v) is 4.02. The van der Waals surface area contributed by atoms with Gasteiger partial charge in [-0.05, 0) is 17.7 Å². The number of hydrogen-bond acceptors (Lipinski definition) is 3. The lowest BCUT2D eigenvalue weighted by Crippen LogP contribution is -2.17. The molecule has 0 saturated heterocycles. The van der Waals surface area contributed by atoms with Gasteiger partial charge in [0.15, 0.2) is 0 Å². The third-order valence-electron chi connectivity index (χ3n) is 2.66. The van der Waals surface area contributed by atoms with Crippen molar-refractivity contribution in [1.29, 1.82) is 0 Å². The van der Waals surface area contributed by atoms with Crippen LogP contribution in [0.5, 0.6) is 0 Å². The van der Waals surface area contributed by atoms with Gasteiger partial charge in [0.1, 0.15) is 5.69 Å². The van der Waals surface area contributed by atoms with Crippen LogP contribution in [0, 0.1) is 0 Å². The molecule has 19 heavy (non-hydrogen) atoms. The molecule has 2 aromatic rings. The van der Waals surface area contributed by atoms with Crippen molar-refractivity contribution in [2.45, 2.75) is 6.42 Å². The number of aliphatic carboxylic acids is 1. The Labute approximate surface area is 109 Å². The van der Waals surface area contributed by atoms with E-state index in [1.165, 1.54) is 10.9 Å². The minimum absolute atomic E-state index is 0.137. The molecule has 0 radical (unpaired) electrons. The maximum absolute atomic E-state index is 12.0. The Hall–Kier alpha value is -2.63. The fourth-order valence-corrected chi connectivity index (χ4v) is 1.74. The predicted octanol–water partition coefficient (Wildman–Crippen LogP) is 1.30. The monoisotopic (exact) mass is 259 g/mol. The van der Waals surface area contributed by atoms with Gasteiger partial charge in [-0.15, -0.1) is 0 Å². The van der Waals surface area contributed by atoms with E-state index < -0.39 is 5.97 Å². The van der Waals surface area contributed by atoms with E-state index in [1.54, 1.807) is 37.4 Å². The number of carboxylic acids is 1. The molecule has 1 aromatic carbocycles. The van der Waals surface area contributed by atoms with Gasteiger partial charge in [-0.3, -0.25) is 14.3 Å². The van der Waals surface area contributed by atoms with Crippen LogP contribution in [0.25, 0.3) is 0 Å². The summed E-state index contributed by atoms with van der Waals surface area (Å²) >= 11 is 0. The van der Waals surface area contributed by atoms with Crippen LogP contribution >= 0.6 is 0 Å². The predicted molar refractivity (Wildman–Crippen MR) is 68.9 cm³/mol. The molecule has 0 aliphatic carbocycles. The molecule has 1 aromatic heterocycles. The SMILES string of the molecule is Cn1nccc1C(=O)Nc1ccccc1CC(=O)O. The zero-order chi connectivity index (χ0) is 13.8. The average Bonchev–Trinajstić information content (AvgIpc) is 2.77. The quantitative estimate of drug-likeness (QED) is 0.866. The molecule has 6 heteroatoms. The first-order valence-electron chi connectivity index (χ1n) is 5.67. The van der Waals surface area contributed by atoms with Crippen molar-refractivity contribution in [3.05, 3.63) is 47.8 Å². The number of aryl methyl sites for hydroxylation is 1. The molecule has 0 unspecified atom stereocenters. The molecule has 6 nitrogen and oxygen atoms in total. The maximum Gasteiger partial charge on any atom is 0.307 e. The zero-order valence-electron chi connectivity index (χ0n) is 10.3. The summed E-state index contributed by atoms with van der Waals surface area (Å²) in [6.45, 7) is 0. The number of hydrogen-bond donors (Lipinski definition) is 2. The number of nitrogens with one attached hydrogen (secondary N) is 1. The second kappa shape index (κ2) is 5.34. The molecule has 0 aliphatic rings. The number of carbonyl (C=O) groups excluding carboxylic acids is 1. The fourth-order valence-electron chi connectivity index (χ4n) is 1.74. The van der Waals surface area contributed by atoms with Crippen LogP contribution in [0.1, 0.15) is 16.1 Å². The highest BCUT2D eigenvalue weighted by atomic mass is 16.4. The smallest absolute Gasteiger partial charge is 0.307 e. The molecule has 1 amide bonds. The van der Waals surface area contributed by atoms with Gasteiger partial charge in [0.2, 0.25) is 0 Å². The maximum atomic E-state index is 12.0. The Kier molecular flexibility index (Phi) is 3.61. The summed E-state index contributed by atoms with van der Waals surface area (Å²) in [5, 5.41) is 15.4. The third-order valence-corrected chi connectivity index (χ3v) is 2.66. The van der Waals surface area contributed by atoms with Crippen molar-refractivity contribution < 1.29 is 14.7 Å². The van der Waals surface area contributed by atoms with Gasteiger partial charge in [-0.25, -0.2) is 0 Å². The minimum atomic E-state index is -0.942. The van der Waals surface area contributed by atoms with Gasteiger partial charge >= 0.3 is 5.97 Å². The normalized spacial score (nSPS) is 10.2. The number of carbonyl (C=O) groups is 2. The largest absolute Gasteiger partial charge is 0.481 e. The highest BCUT2D eigenvalue weighted by Gasteiger charge is 2.13. The van der Waals surface area contributed by atoms with E-state index in [-0.39, 0.29) is 12.3 Å². The molecule has 1 heterocycles. The number of amides is 1. The van der Waals surface area contributed by atoms with Crippen molar-refractivity contribution in [1.82, 2.24) is 9.78 Å².